The number of ether oxygens (including phenoxy) is 1. The molecule has 0 N–H and O–H groups in total. The first kappa shape index (κ1) is 9.22. The molecule has 0 aromatic carbocycles. The Bertz CT molecular complexity index is 232. The van der Waals surface area contributed by atoms with Crippen LogP contribution in [0, 0.1) is 0 Å². The summed E-state index contributed by atoms with van der Waals surface area (Å²) in [6.07, 6.45) is 0.110. The quantitative estimate of drug-likeness (QED) is 0.619. The van der Waals surface area contributed by atoms with Crippen LogP contribution in [-0.4, -0.2) is 33.1 Å². The van der Waals surface area contributed by atoms with Gasteiger partial charge in [-0.2, -0.15) is 0 Å². The topological polar surface area (TPSA) is 43.4 Å². The summed E-state index contributed by atoms with van der Waals surface area (Å²) in [5, 5.41) is 0. The maximum absolute atomic E-state index is 13.2. The van der Waals surface area contributed by atoms with Crippen molar-refractivity contribution in [3.63, 3.8) is 0 Å². The van der Waals surface area contributed by atoms with Gasteiger partial charge in [0.15, 0.2) is 5.67 Å². The summed E-state index contributed by atoms with van der Waals surface area (Å²) in [4.78, 5) is 0. The van der Waals surface area contributed by atoms with E-state index in [0.717, 1.165) is 0 Å². The van der Waals surface area contributed by atoms with Gasteiger partial charge >= 0.3 is 0 Å². The van der Waals surface area contributed by atoms with E-state index in [9.17, 15) is 12.8 Å². The number of halogens is 2. The van der Waals surface area contributed by atoms with Gasteiger partial charge in [0.2, 0.25) is 9.05 Å². The number of rotatable bonds is 2. The minimum atomic E-state index is -3.75. The molecule has 0 spiro atoms. The van der Waals surface area contributed by atoms with Crippen LogP contribution in [0.3, 0.4) is 0 Å². The van der Waals surface area contributed by atoms with Crippen molar-refractivity contribution in [3.8, 4) is 0 Å². The molecule has 1 aliphatic heterocycles. The summed E-state index contributed by atoms with van der Waals surface area (Å²) in [6.45, 7) is 0.0991. The fourth-order valence-corrected chi connectivity index (χ4v) is 2.44. The molecule has 66 valence electrons. The Morgan fingerprint density at radius 1 is 1.64 bits per heavy atom. The van der Waals surface area contributed by atoms with E-state index in [-0.39, 0.29) is 19.6 Å². The van der Waals surface area contributed by atoms with Crippen molar-refractivity contribution in [1.29, 1.82) is 0 Å². The summed E-state index contributed by atoms with van der Waals surface area (Å²) >= 11 is 0. The van der Waals surface area contributed by atoms with Crippen LogP contribution in [0.2, 0.25) is 0 Å². The van der Waals surface area contributed by atoms with Crippen LogP contribution in [-0.2, 0) is 13.8 Å². The number of hydrogen-bond donors (Lipinski definition) is 0. The largest absolute Gasteiger partial charge is 0.378 e. The highest BCUT2D eigenvalue weighted by Crippen LogP contribution is 2.25. The lowest BCUT2D eigenvalue weighted by Gasteiger charge is -2.13. The minimum absolute atomic E-state index is 0.110. The molecule has 0 aromatic rings. The van der Waals surface area contributed by atoms with Gasteiger partial charge in [0.25, 0.3) is 0 Å². The van der Waals surface area contributed by atoms with E-state index in [1.54, 1.807) is 0 Å². The molecule has 0 amide bonds. The van der Waals surface area contributed by atoms with E-state index in [2.05, 4.69) is 0 Å². The molecule has 11 heavy (non-hydrogen) atoms. The van der Waals surface area contributed by atoms with E-state index in [1.807, 2.05) is 0 Å². The second-order valence-electron chi connectivity index (χ2n) is 2.64. The van der Waals surface area contributed by atoms with Gasteiger partial charge in [0.05, 0.1) is 6.61 Å². The smallest absolute Gasteiger partial charge is 0.235 e. The van der Waals surface area contributed by atoms with Gasteiger partial charge in [-0.1, -0.05) is 0 Å². The average Bonchev–Trinajstić information content (AvgIpc) is 2.09. The van der Waals surface area contributed by atoms with Gasteiger partial charge in [-0.3, -0.25) is 0 Å². The maximum Gasteiger partial charge on any atom is 0.235 e. The first-order valence-electron chi connectivity index (χ1n) is 3.10. The molecule has 6 heteroatoms. The van der Waals surface area contributed by atoms with E-state index < -0.39 is 20.5 Å². The summed E-state index contributed by atoms with van der Waals surface area (Å²) in [5.74, 6) is -0.651. The van der Waals surface area contributed by atoms with Crippen LogP contribution in [0.1, 0.15) is 6.42 Å². The summed E-state index contributed by atoms with van der Waals surface area (Å²) in [5.41, 5.74) is -1.76. The minimum Gasteiger partial charge on any atom is -0.378 e. The SMILES string of the molecule is O=S(=O)(Cl)CC1(F)CCOC1. The van der Waals surface area contributed by atoms with Crippen LogP contribution in [0.4, 0.5) is 4.39 Å². The van der Waals surface area contributed by atoms with Crippen molar-refractivity contribution in [2.24, 2.45) is 0 Å². The van der Waals surface area contributed by atoms with Crippen molar-refractivity contribution in [2.75, 3.05) is 19.0 Å². The zero-order valence-corrected chi connectivity index (χ0v) is 7.29. The van der Waals surface area contributed by atoms with Gasteiger partial charge in [0.1, 0.15) is 5.75 Å². The fraction of sp³-hybridized carbons (Fsp3) is 1.00. The van der Waals surface area contributed by atoms with Crippen LogP contribution in [0.5, 0.6) is 0 Å². The highest BCUT2D eigenvalue weighted by Gasteiger charge is 2.38. The van der Waals surface area contributed by atoms with E-state index in [4.69, 9.17) is 15.4 Å². The second-order valence-corrected chi connectivity index (χ2v) is 5.41. The van der Waals surface area contributed by atoms with Crippen molar-refractivity contribution < 1.29 is 17.5 Å². The molecule has 0 saturated carbocycles. The molecule has 1 unspecified atom stereocenters. The number of alkyl halides is 1. The molecule has 1 rings (SSSR count). The molecule has 1 aliphatic rings. The van der Waals surface area contributed by atoms with Crippen LogP contribution in [0.15, 0.2) is 0 Å². The van der Waals surface area contributed by atoms with Crippen LogP contribution < -0.4 is 0 Å². The Morgan fingerprint density at radius 3 is 2.64 bits per heavy atom. The van der Waals surface area contributed by atoms with Crippen LogP contribution in [0.25, 0.3) is 0 Å². The normalized spacial score (nSPS) is 32.5. The van der Waals surface area contributed by atoms with Crippen molar-refractivity contribution in [1.82, 2.24) is 0 Å². The second kappa shape index (κ2) is 2.88. The maximum atomic E-state index is 13.2. The third kappa shape index (κ3) is 2.92. The standard InChI is InChI=1S/C5H8ClFO3S/c6-11(8,9)4-5(7)1-2-10-3-5/h1-4H2. The third-order valence-electron chi connectivity index (χ3n) is 1.49. The molecule has 1 heterocycles. The lowest BCUT2D eigenvalue weighted by molar-refractivity contribution is 0.128. The Balaban J connectivity index is 2.60. The molecule has 0 aromatic heterocycles. The van der Waals surface area contributed by atoms with Crippen LogP contribution >= 0.6 is 10.7 Å². The lowest BCUT2D eigenvalue weighted by atomic mass is 10.1. The summed E-state index contributed by atoms with van der Waals surface area (Å²) in [7, 11) is 1.13. The Morgan fingerprint density at radius 2 is 2.27 bits per heavy atom. The van der Waals surface area contributed by atoms with Gasteiger partial charge in [0, 0.05) is 23.7 Å². The highest BCUT2D eigenvalue weighted by atomic mass is 35.7. The van der Waals surface area contributed by atoms with E-state index in [0.29, 0.717) is 0 Å². The van der Waals surface area contributed by atoms with E-state index >= 15 is 0 Å². The predicted molar refractivity (Wildman–Crippen MR) is 38.9 cm³/mol. The molecule has 0 bridgehead atoms. The molecular formula is C5H8ClFO3S. The van der Waals surface area contributed by atoms with Gasteiger partial charge < -0.3 is 4.74 Å². The molecule has 1 fully saturated rings. The monoisotopic (exact) mass is 202 g/mol. The first-order chi connectivity index (χ1) is 4.91. The van der Waals surface area contributed by atoms with Crippen molar-refractivity contribution >= 4 is 19.7 Å². The zero-order valence-electron chi connectivity index (χ0n) is 5.72. The predicted octanol–water partition coefficient (Wildman–Crippen LogP) is 0.684. The molecular weight excluding hydrogens is 195 g/mol. The first-order valence-corrected chi connectivity index (χ1v) is 5.58. The van der Waals surface area contributed by atoms with Crippen molar-refractivity contribution in [3.05, 3.63) is 0 Å². The van der Waals surface area contributed by atoms with Gasteiger partial charge in [-0.25, -0.2) is 12.8 Å². The lowest BCUT2D eigenvalue weighted by Crippen LogP contribution is -2.30. The Kier molecular flexibility index (Phi) is 2.41. The molecule has 1 saturated heterocycles. The summed E-state index contributed by atoms with van der Waals surface area (Å²) in [6, 6.07) is 0. The number of hydrogen-bond acceptors (Lipinski definition) is 3. The average molecular weight is 203 g/mol. The fourth-order valence-electron chi connectivity index (χ4n) is 1.01. The molecule has 0 aliphatic carbocycles. The third-order valence-corrected chi connectivity index (χ3v) is 2.68. The van der Waals surface area contributed by atoms with Crippen molar-refractivity contribution in [2.45, 2.75) is 12.1 Å². The molecule has 3 nitrogen and oxygen atoms in total. The zero-order chi connectivity index (χ0) is 8.54. The molecule has 0 radical (unpaired) electrons. The Hall–Kier alpha value is 0.130. The highest BCUT2D eigenvalue weighted by molar-refractivity contribution is 8.13. The molecule has 1 atom stereocenters. The van der Waals surface area contributed by atoms with E-state index in [1.165, 1.54) is 0 Å². The Labute approximate surface area is 68.9 Å². The summed E-state index contributed by atoms with van der Waals surface area (Å²) < 4.78 is 38.9. The van der Waals surface area contributed by atoms with Gasteiger partial charge in [-0.05, 0) is 0 Å². The van der Waals surface area contributed by atoms with Gasteiger partial charge in [-0.15, -0.1) is 0 Å².